The summed E-state index contributed by atoms with van der Waals surface area (Å²) < 4.78 is 0. The normalized spacial score (nSPS) is 15.2. The predicted molar refractivity (Wildman–Crippen MR) is 122 cm³/mol. The number of anilines is 3. The van der Waals surface area contributed by atoms with Crippen molar-refractivity contribution in [3.8, 4) is 0 Å². The van der Waals surface area contributed by atoms with Gasteiger partial charge in [-0.25, -0.2) is 0 Å². The Bertz CT molecular complexity index is 1000. The van der Waals surface area contributed by atoms with Crippen LogP contribution in [0.1, 0.15) is 25.8 Å². The zero-order chi connectivity index (χ0) is 20.3. The highest BCUT2D eigenvalue weighted by molar-refractivity contribution is 5.99. The van der Waals surface area contributed by atoms with Gasteiger partial charge in [0.15, 0.2) is 0 Å². The molecule has 8 N–H and O–H groups in total. The van der Waals surface area contributed by atoms with Crippen molar-refractivity contribution in [2.24, 2.45) is 11.1 Å². The molecule has 3 aromatic rings. The summed E-state index contributed by atoms with van der Waals surface area (Å²) in [4.78, 5) is 0. The van der Waals surface area contributed by atoms with E-state index in [1.54, 1.807) is 0 Å². The first-order chi connectivity index (χ1) is 13.3. The minimum Gasteiger partial charge on any atom is -0.402 e. The standard InChI is InChI=1S/C14H18N2.C10H10N2/c1-14(2)9-11(5-8-13(14)16)10-3-6-12(15)7-4-10;11-9-5-1-3-7-8(9)4-2-6-10(7)12/h3-8H,9,15-16H2,1-2H3;1-6H,11-12H2. The maximum atomic E-state index is 5.97. The molecule has 3 aromatic carbocycles. The van der Waals surface area contributed by atoms with Gasteiger partial charge in [-0.05, 0) is 47.9 Å². The zero-order valence-corrected chi connectivity index (χ0v) is 16.4. The third-order valence-corrected chi connectivity index (χ3v) is 5.15. The highest BCUT2D eigenvalue weighted by Gasteiger charge is 2.25. The van der Waals surface area contributed by atoms with Crippen LogP contribution in [0, 0.1) is 5.41 Å². The van der Waals surface area contributed by atoms with Gasteiger partial charge in [-0.15, -0.1) is 0 Å². The van der Waals surface area contributed by atoms with Gasteiger partial charge < -0.3 is 22.9 Å². The van der Waals surface area contributed by atoms with E-state index in [0.29, 0.717) is 0 Å². The lowest BCUT2D eigenvalue weighted by Crippen LogP contribution is -2.23. The molecule has 4 nitrogen and oxygen atoms in total. The largest absolute Gasteiger partial charge is 0.402 e. The van der Waals surface area contributed by atoms with E-state index in [9.17, 15) is 0 Å². The van der Waals surface area contributed by atoms with E-state index < -0.39 is 0 Å². The minimum atomic E-state index is 0.0471. The molecule has 0 saturated carbocycles. The smallest absolute Gasteiger partial charge is 0.0394 e. The van der Waals surface area contributed by atoms with Crippen molar-refractivity contribution in [2.75, 3.05) is 17.2 Å². The van der Waals surface area contributed by atoms with Crippen LogP contribution in [0.4, 0.5) is 17.1 Å². The van der Waals surface area contributed by atoms with Crippen LogP contribution in [0.3, 0.4) is 0 Å². The van der Waals surface area contributed by atoms with Crippen molar-refractivity contribution in [3.63, 3.8) is 0 Å². The van der Waals surface area contributed by atoms with Crippen LogP contribution in [0.2, 0.25) is 0 Å². The van der Waals surface area contributed by atoms with Gasteiger partial charge >= 0.3 is 0 Å². The minimum absolute atomic E-state index is 0.0471. The molecule has 1 aliphatic rings. The van der Waals surface area contributed by atoms with E-state index in [4.69, 9.17) is 22.9 Å². The topological polar surface area (TPSA) is 104 Å². The lowest BCUT2D eigenvalue weighted by Gasteiger charge is -2.29. The molecule has 0 amide bonds. The summed E-state index contributed by atoms with van der Waals surface area (Å²) in [6.45, 7) is 4.34. The molecular weight excluding hydrogens is 344 g/mol. The van der Waals surface area contributed by atoms with E-state index in [0.717, 1.165) is 40.0 Å². The first kappa shape index (κ1) is 19.4. The Morgan fingerprint density at radius 3 is 1.71 bits per heavy atom. The van der Waals surface area contributed by atoms with Crippen LogP contribution in [0.5, 0.6) is 0 Å². The van der Waals surface area contributed by atoms with E-state index >= 15 is 0 Å². The van der Waals surface area contributed by atoms with Crippen LogP contribution < -0.4 is 22.9 Å². The van der Waals surface area contributed by atoms with Crippen molar-refractivity contribution in [3.05, 3.63) is 84.1 Å². The van der Waals surface area contributed by atoms with Crippen LogP contribution in [0.15, 0.2) is 78.5 Å². The number of nitrogen functional groups attached to an aromatic ring is 3. The first-order valence-electron chi connectivity index (χ1n) is 9.33. The summed E-state index contributed by atoms with van der Waals surface area (Å²) in [5.74, 6) is 0. The van der Waals surface area contributed by atoms with Crippen LogP contribution >= 0.6 is 0 Å². The van der Waals surface area contributed by atoms with Crippen LogP contribution in [-0.4, -0.2) is 0 Å². The molecule has 0 spiro atoms. The third-order valence-electron chi connectivity index (χ3n) is 5.15. The van der Waals surface area contributed by atoms with Crippen molar-refractivity contribution in [1.82, 2.24) is 0 Å². The average Bonchev–Trinajstić information content (AvgIpc) is 2.66. The van der Waals surface area contributed by atoms with Gasteiger partial charge in [0.1, 0.15) is 0 Å². The monoisotopic (exact) mass is 372 g/mol. The first-order valence-corrected chi connectivity index (χ1v) is 9.33. The van der Waals surface area contributed by atoms with Crippen molar-refractivity contribution in [1.29, 1.82) is 0 Å². The summed E-state index contributed by atoms with van der Waals surface area (Å²) in [7, 11) is 0. The molecule has 28 heavy (non-hydrogen) atoms. The Morgan fingerprint density at radius 2 is 1.21 bits per heavy atom. The number of fused-ring (bicyclic) bond motifs is 1. The molecule has 4 heteroatoms. The third kappa shape index (κ3) is 4.12. The number of hydrogen-bond donors (Lipinski definition) is 4. The highest BCUT2D eigenvalue weighted by Crippen LogP contribution is 2.38. The van der Waals surface area contributed by atoms with Crippen molar-refractivity contribution >= 4 is 33.4 Å². The van der Waals surface area contributed by atoms with Gasteiger partial charge in [-0.2, -0.15) is 0 Å². The number of benzene rings is 3. The molecule has 0 atom stereocenters. The quantitative estimate of drug-likeness (QED) is 0.455. The maximum absolute atomic E-state index is 5.97. The fourth-order valence-corrected chi connectivity index (χ4v) is 3.31. The highest BCUT2D eigenvalue weighted by atomic mass is 14.6. The van der Waals surface area contributed by atoms with Crippen molar-refractivity contribution < 1.29 is 0 Å². The fourth-order valence-electron chi connectivity index (χ4n) is 3.31. The number of rotatable bonds is 1. The number of nitrogens with two attached hydrogens (primary N) is 4. The lowest BCUT2D eigenvalue weighted by molar-refractivity contribution is 0.450. The maximum Gasteiger partial charge on any atom is 0.0394 e. The fraction of sp³-hybridized carbons (Fsp3) is 0.167. The Hall–Kier alpha value is -3.40. The molecule has 1 aliphatic carbocycles. The number of allylic oxidation sites excluding steroid dienone is 4. The molecule has 0 fully saturated rings. The van der Waals surface area contributed by atoms with Gasteiger partial charge in [0.2, 0.25) is 0 Å². The second-order valence-electron chi connectivity index (χ2n) is 7.79. The molecule has 0 aliphatic heterocycles. The molecular formula is C24H28N4. The van der Waals surface area contributed by atoms with Gasteiger partial charge in [-0.1, -0.05) is 56.3 Å². The zero-order valence-electron chi connectivity index (χ0n) is 16.4. The summed E-state index contributed by atoms with van der Waals surface area (Å²) in [6, 6.07) is 19.5. The lowest BCUT2D eigenvalue weighted by atomic mass is 9.77. The van der Waals surface area contributed by atoms with E-state index in [-0.39, 0.29) is 5.41 Å². The Kier molecular flexibility index (Phi) is 5.32. The van der Waals surface area contributed by atoms with Crippen LogP contribution in [-0.2, 0) is 0 Å². The number of hydrogen-bond acceptors (Lipinski definition) is 4. The van der Waals surface area contributed by atoms with E-state index in [2.05, 4.69) is 32.1 Å². The van der Waals surface area contributed by atoms with Gasteiger partial charge in [0.25, 0.3) is 0 Å². The Morgan fingerprint density at radius 1 is 0.679 bits per heavy atom. The summed E-state index contributed by atoms with van der Waals surface area (Å²) in [5.41, 5.74) is 29.1. The summed E-state index contributed by atoms with van der Waals surface area (Å²) in [5, 5.41) is 2.05. The van der Waals surface area contributed by atoms with Crippen molar-refractivity contribution in [2.45, 2.75) is 20.3 Å². The second kappa shape index (κ2) is 7.69. The summed E-state index contributed by atoms with van der Waals surface area (Å²) in [6.07, 6.45) is 5.08. The molecule has 0 bridgehead atoms. The average molecular weight is 373 g/mol. The van der Waals surface area contributed by atoms with Gasteiger partial charge in [0, 0.05) is 38.9 Å². The predicted octanol–water partition coefficient (Wildman–Crippen LogP) is 4.93. The second-order valence-corrected chi connectivity index (χ2v) is 7.79. The van der Waals surface area contributed by atoms with E-state index in [1.165, 1.54) is 11.1 Å². The molecule has 0 unspecified atom stereocenters. The Balaban J connectivity index is 0.000000167. The Labute approximate surface area is 166 Å². The van der Waals surface area contributed by atoms with Gasteiger partial charge in [-0.3, -0.25) is 0 Å². The SMILES string of the molecule is CC1(C)CC(c2ccc(N)cc2)=CC=C1N.Nc1cccc2c(N)cccc12. The molecule has 4 rings (SSSR count). The molecule has 0 saturated heterocycles. The molecule has 0 radical (unpaired) electrons. The summed E-state index contributed by atoms with van der Waals surface area (Å²) >= 11 is 0. The van der Waals surface area contributed by atoms with Gasteiger partial charge in [0.05, 0.1) is 0 Å². The molecule has 0 heterocycles. The van der Waals surface area contributed by atoms with Crippen LogP contribution in [0.25, 0.3) is 16.3 Å². The molecule has 144 valence electrons. The van der Waals surface area contributed by atoms with E-state index in [1.807, 2.05) is 54.6 Å². The molecule has 0 aromatic heterocycles.